The van der Waals surface area contributed by atoms with E-state index in [0.717, 1.165) is 7.05 Å². The molecule has 3 heteroatoms. The molecule has 0 amide bonds. The minimum Gasteiger partial charge on any atom is -0.600 e. The van der Waals surface area contributed by atoms with Crippen molar-refractivity contribution < 1.29 is 10.4 Å². The molecule has 0 radical (unpaired) electrons. The minimum absolute atomic E-state index is 0.833. The molecule has 0 aromatic heterocycles. The molecule has 0 fully saturated rings. The van der Waals surface area contributed by atoms with Crippen LogP contribution in [-0.4, -0.2) is 12.3 Å². The van der Waals surface area contributed by atoms with Gasteiger partial charge < -0.3 is 5.21 Å². The van der Waals surface area contributed by atoms with Crippen molar-refractivity contribution >= 4 is 0 Å². The van der Waals surface area contributed by atoms with Gasteiger partial charge in [0.05, 0.1) is 7.05 Å². The summed E-state index contributed by atoms with van der Waals surface area (Å²) in [6.45, 7) is 0. The third kappa shape index (κ3) is 101. The van der Waals surface area contributed by atoms with Crippen LogP contribution < -0.4 is 5.23 Å². The van der Waals surface area contributed by atoms with E-state index in [1.165, 1.54) is 0 Å². The molecule has 0 aromatic rings. The molecule has 0 saturated carbocycles. The molecule has 0 aliphatic heterocycles. The molecular weight excluding hydrogens is 58.0 g/mol. The summed E-state index contributed by atoms with van der Waals surface area (Å²) in [6.07, 6.45) is 0. The Kier molecular flexibility index (Phi) is 1.19. The Bertz CT molecular complexity index is 10.8. The average molecular weight is 63.1 g/mol. The van der Waals surface area contributed by atoms with E-state index in [1.54, 1.807) is 0 Å². The second-order valence-electron chi connectivity index (χ2n) is 0.519. The predicted octanol–water partition coefficient (Wildman–Crippen LogP) is -1.61. The lowest BCUT2D eigenvalue weighted by atomic mass is 11.5. The molecule has 0 rings (SSSR count). The molecule has 0 heterocycles. The van der Waals surface area contributed by atoms with Gasteiger partial charge in [-0.15, -0.1) is 0 Å². The second kappa shape index (κ2) is 1.23. The SMILES string of the molecule is C[NH+]([O-])O. The Balaban J connectivity index is 2.32. The van der Waals surface area contributed by atoms with Gasteiger partial charge in [-0.3, -0.25) is 0 Å². The summed E-state index contributed by atoms with van der Waals surface area (Å²) in [5.41, 5.74) is 0. The van der Waals surface area contributed by atoms with E-state index in [-0.39, 0.29) is 0 Å². The number of hydroxylamine groups is 2. The van der Waals surface area contributed by atoms with Crippen molar-refractivity contribution in [3.63, 3.8) is 0 Å². The molecule has 0 aliphatic rings. The number of nitrogens with one attached hydrogen (secondary N) is 1. The lowest BCUT2D eigenvalue weighted by Gasteiger charge is -1.99. The van der Waals surface area contributed by atoms with Crippen LogP contribution in [0.25, 0.3) is 0 Å². The maximum atomic E-state index is 9.00. The van der Waals surface area contributed by atoms with Crippen LogP contribution in [0.3, 0.4) is 0 Å². The standard InChI is InChI=1S/CH5NO2/c1-2(3)4/h2-3H,1H3. The van der Waals surface area contributed by atoms with Crippen LogP contribution in [0, 0.1) is 5.21 Å². The number of quaternary nitrogens is 1. The smallest absolute Gasteiger partial charge is 0.0961 e. The fourth-order valence-electron chi connectivity index (χ4n) is 0. The van der Waals surface area contributed by atoms with Crippen LogP contribution in [0.1, 0.15) is 0 Å². The lowest BCUT2D eigenvalue weighted by molar-refractivity contribution is -1.03. The molecule has 3 nitrogen and oxygen atoms in total. The number of rotatable bonds is 0. The third-order valence-corrected chi connectivity index (χ3v) is 0. The maximum absolute atomic E-state index is 9.00. The highest BCUT2D eigenvalue weighted by Crippen LogP contribution is 0.915. The highest BCUT2D eigenvalue weighted by molar-refractivity contribution is 3.78. The van der Waals surface area contributed by atoms with Gasteiger partial charge in [0, 0.05) is 0 Å². The number of hydrogen-bond donors (Lipinski definition) is 2. The van der Waals surface area contributed by atoms with Crippen LogP contribution in [0.15, 0.2) is 0 Å². The van der Waals surface area contributed by atoms with E-state index in [4.69, 9.17) is 10.4 Å². The zero-order chi connectivity index (χ0) is 3.58. The van der Waals surface area contributed by atoms with Crippen LogP contribution in [0.4, 0.5) is 0 Å². The summed E-state index contributed by atoms with van der Waals surface area (Å²) in [5, 5.41) is 15.6. The van der Waals surface area contributed by atoms with Crippen molar-refractivity contribution in [2.24, 2.45) is 0 Å². The highest BCUT2D eigenvalue weighted by Gasteiger charge is 1.52. The van der Waals surface area contributed by atoms with Crippen molar-refractivity contribution in [2.45, 2.75) is 0 Å². The molecule has 0 bridgehead atoms. The van der Waals surface area contributed by atoms with E-state index >= 15 is 0 Å². The number of hydrogen-bond acceptors (Lipinski definition) is 2. The largest absolute Gasteiger partial charge is 0.600 e. The predicted molar refractivity (Wildman–Crippen MR) is 12.0 cm³/mol. The van der Waals surface area contributed by atoms with Crippen LogP contribution in [0.2, 0.25) is 0 Å². The summed E-state index contributed by atoms with van der Waals surface area (Å²) in [7, 11) is 1.08. The molecule has 1 atom stereocenters. The maximum Gasteiger partial charge on any atom is 0.0961 e. The van der Waals surface area contributed by atoms with E-state index < -0.39 is 5.23 Å². The Labute approximate surface area is 24.0 Å². The van der Waals surface area contributed by atoms with E-state index in [1.807, 2.05) is 0 Å². The van der Waals surface area contributed by atoms with Gasteiger partial charge in [0.15, 0.2) is 0 Å². The van der Waals surface area contributed by atoms with Gasteiger partial charge in [0.2, 0.25) is 0 Å². The molecule has 2 N–H and O–H groups in total. The van der Waals surface area contributed by atoms with Gasteiger partial charge in [-0.2, -0.15) is 0 Å². The van der Waals surface area contributed by atoms with E-state index in [2.05, 4.69) is 0 Å². The molecule has 0 saturated heterocycles. The van der Waals surface area contributed by atoms with Crippen molar-refractivity contribution in [3.05, 3.63) is 5.21 Å². The molecule has 0 aromatic carbocycles. The summed E-state index contributed by atoms with van der Waals surface area (Å²) in [4.78, 5) is 0. The molecule has 26 valence electrons. The first-order valence-corrected chi connectivity index (χ1v) is 0.928. The van der Waals surface area contributed by atoms with Gasteiger partial charge in [-0.05, 0) is 0 Å². The Hall–Kier alpha value is -0.120. The first-order valence-electron chi connectivity index (χ1n) is 0.928. The van der Waals surface area contributed by atoms with Crippen molar-refractivity contribution in [1.82, 2.24) is 0 Å². The lowest BCUT2D eigenvalue weighted by Crippen LogP contribution is -3.00. The second-order valence-corrected chi connectivity index (χ2v) is 0.519. The summed E-state index contributed by atoms with van der Waals surface area (Å²) >= 11 is 0. The van der Waals surface area contributed by atoms with Crippen LogP contribution in [-0.2, 0) is 0 Å². The average Bonchev–Trinajstić information content (AvgIpc) is 0.811. The van der Waals surface area contributed by atoms with Gasteiger partial charge in [-0.1, -0.05) is 0 Å². The van der Waals surface area contributed by atoms with Gasteiger partial charge >= 0.3 is 0 Å². The zero-order valence-electron chi connectivity index (χ0n) is 2.36. The fraction of sp³-hybridized carbons (Fsp3) is 1.00. The molecular formula is CH5NO2. The van der Waals surface area contributed by atoms with E-state index in [0.29, 0.717) is 0 Å². The monoisotopic (exact) mass is 63.0 g/mol. The Morgan fingerprint density at radius 3 is 2.00 bits per heavy atom. The first kappa shape index (κ1) is 3.88. The molecule has 1 unspecified atom stereocenters. The fourth-order valence-corrected chi connectivity index (χ4v) is 0. The highest BCUT2D eigenvalue weighted by atomic mass is 16.8. The summed E-state index contributed by atoms with van der Waals surface area (Å²) in [5.74, 6) is 0. The van der Waals surface area contributed by atoms with Crippen LogP contribution in [0.5, 0.6) is 0 Å². The summed E-state index contributed by atoms with van der Waals surface area (Å²) in [6, 6.07) is 0. The Morgan fingerprint density at radius 1 is 2.00 bits per heavy atom. The van der Waals surface area contributed by atoms with Crippen molar-refractivity contribution in [2.75, 3.05) is 7.05 Å². The van der Waals surface area contributed by atoms with Crippen molar-refractivity contribution in [1.29, 1.82) is 0 Å². The van der Waals surface area contributed by atoms with Gasteiger partial charge in [0.25, 0.3) is 0 Å². The third-order valence-electron chi connectivity index (χ3n) is 0. The molecule has 0 spiro atoms. The summed E-state index contributed by atoms with van der Waals surface area (Å²) < 4.78 is 0. The Morgan fingerprint density at radius 2 is 2.00 bits per heavy atom. The van der Waals surface area contributed by atoms with Gasteiger partial charge in [0.1, 0.15) is 0 Å². The van der Waals surface area contributed by atoms with Crippen LogP contribution >= 0.6 is 0 Å². The normalized spacial score (nSPS) is 15.8. The molecule has 0 aliphatic carbocycles. The minimum atomic E-state index is -0.833. The first-order chi connectivity index (χ1) is 1.73. The van der Waals surface area contributed by atoms with Crippen molar-refractivity contribution in [3.8, 4) is 0 Å². The molecule has 4 heavy (non-hydrogen) atoms. The zero-order valence-corrected chi connectivity index (χ0v) is 2.36. The quantitative estimate of drug-likeness (QED) is 0.332. The van der Waals surface area contributed by atoms with Gasteiger partial charge in [-0.25, -0.2) is 10.4 Å². The topological polar surface area (TPSA) is 47.7 Å². The van der Waals surface area contributed by atoms with E-state index in [9.17, 15) is 0 Å².